The van der Waals surface area contributed by atoms with E-state index >= 15 is 0 Å². The number of hydrogen-bond acceptors (Lipinski definition) is 4. The van der Waals surface area contributed by atoms with Crippen molar-refractivity contribution in [2.24, 2.45) is 0 Å². The highest BCUT2D eigenvalue weighted by Crippen LogP contribution is 2.40. The maximum absolute atomic E-state index is 13.5. The summed E-state index contributed by atoms with van der Waals surface area (Å²) in [4.78, 5) is 4.38. The van der Waals surface area contributed by atoms with Gasteiger partial charge in [-0.1, -0.05) is 30.3 Å². The van der Waals surface area contributed by atoms with Gasteiger partial charge < -0.3 is 9.26 Å². The van der Waals surface area contributed by atoms with E-state index in [9.17, 15) is 13.2 Å². The fourth-order valence-corrected chi connectivity index (χ4v) is 3.76. The van der Waals surface area contributed by atoms with Crippen LogP contribution in [0, 0.1) is 0 Å². The van der Waals surface area contributed by atoms with Crippen LogP contribution in [-0.4, -0.2) is 16.2 Å². The summed E-state index contributed by atoms with van der Waals surface area (Å²) in [5.74, 6) is 0.692. The van der Waals surface area contributed by atoms with E-state index in [-0.39, 0.29) is 23.3 Å². The van der Waals surface area contributed by atoms with Gasteiger partial charge in [0.2, 0.25) is 5.82 Å². The molecule has 3 aromatic rings. The minimum Gasteiger partial charge on any atom is -0.490 e. The molecule has 0 fully saturated rings. The van der Waals surface area contributed by atoms with Gasteiger partial charge in [0.05, 0.1) is 11.7 Å². The van der Waals surface area contributed by atoms with Crippen LogP contribution in [0.1, 0.15) is 49.8 Å². The minimum atomic E-state index is -4.56. The van der Waals surface area contributed by atoms with Crippen molar-refractivity contribution in [1.29, 1.82) is 0 Å². The zero-order valence-corrected chi connectivity index (χ0v) is 16.4. The molecule has 0 amide bonds. The molecule has 1 aliphatic carbocycles. The first kappa shape index (κ1) is 19.5. The van der Waals surface area contributed by atoms with Gasteiger partial charge in [-0.3, -0.25) is 0 Å². The number of alkyl halides is 3. The van der Waals surface area contributed by atoms with Crippen molar-refractivity contribution in [1.82, 2.24) is 10.1 Å². The lowest BCUT2D eigenvalue weighted by Crippen LogP contribution is -2.13. The van der Waals surface area contributed by atoms with E-state index in [4.69, 9.17) is 9.26 Å². The lowest BCUT2D eigenvalue weighted by Gasteiger charge is -2.16. The van der Waals surface area contributed by atoms with Crippen molar-refractivity contribution in [2.45, 2.75) is 51.8 Å². The Labute approximate surface area is 166 Å². The van der Waals surface area contributed by atoms with E-state index in [1.165, 1.54) is 23.3 Å². The standard InChI is InChI=1S/C22H21F3N2O2/c1-12(2)28-19-10-8-14(11-18(19)22(23,24)25)21-26-20(27-29-21)17-6-4-5-15-13(3)7-9-16(15)17/h4-6,8,10-13H,7,9H2,1-3H3/t13-/m0/s1. The van der Waals surface area contributed by atoms with E-state index in [1.807, 2.05) is 12.1 Å². The lowest BCUT2D eigenvalue weighted by atomic mass is 9.99. The number of hydrogen-bond donors (Lipinski definition) is 0. The van der Waals surface area contributed by atoms with Crippen LogP contribution in [0.25, 0.3) is 22.8 Å². The summed E-state index contributed by atoms with van der Waals surface area (Å²) in [5, 5.41) is 4.03. The van der Waals surface area contributed by atoms with Gasteiger partial charge in [-0.25, -0.2) is 0 Å². The summed E-state index contributed by atoms with van der Waals surface area (Å²) in [6.45, 7) is 5.53. The number of fused-ring (bicyclic) bond motifs is 1. The molecule has 0 bridgehead atoms. The molecular formula is C22H21F3N2O2. The van der Waals surface area contributed by atoms with Crippen LogP contribution in [0.15, 0.2) is 40.9 Å². The van der Waals surface area contributed by atoms with Gasteiger partial charge in [0.25, 0.3) is 5.89 Å². The molecule has 0 spiro atoms. The highest BCUT2D eigenvalue weighted by atomic mass is 19.4. The third kappa shape index (κ3) is 3.73. The third-order valence-electron chi connectivity index (χ3n) is 5.13. The van der Waals surface area contributed by atoms with Crippen LogP contribution in [0.5, 0.6) is 5.75 Å². The zero-order valence-electron chi connectivity index (χ0n) is 16.4. The quantitative estimate of drug-likeness (QED) is 0.517. The molecule has 1 aromatic heterocycles. The van der Waals surface area contributed by atoms with Gasteiger partial charge >= 0.3 is 6.18 Å². The second-order valence-electron chi connectivity index (χ2n) is 7.61. The van der Waals surface area contributed by atoms with Crippen LogP contribution in [0.3, 0.4) is 0 Å². The monoisotopic (exact) mass is 402 g/mol. The van der Waals surface area contributed by atoms with Crippen LogP contribution in [0.4, 0.5) is 13.2 Å². The lowest BCUT2D eigenvalue weighted by molar-refractivity contribution is -0.139. The second kappa shape index (κ2) is 7.21. The average molecular weight is 402 g/mol. The van der Waals surface area contributed by atoms with Gasteiger partial charge in [-0.15, -0.1) is 0 Å². The first-order chi connectivity index (χ1) is 13.7. The number of halogens is 3. The van der Waals surface area contributed by atoms with Crippen molar-refractivity contribution >= 4 is 0 Å². The third-order valence-corrected chi connectivity index (χ3v) is 5.13. The van der Waals surface area contributed by atoms with Crippen LogP contribution >= 0.6 is 0 Å². The molecule has 0 N–H and O–H groups in total. The highest BCUT2D eigenvalue weighted by molar-refractivity contribution is 5.66. The number of benzene rings is 2. The predicted octanol–water partition coefficient (Wildman–Crippen LogP) is 6.26. The maximum atomic E-state index is 13.5. The van der Waals surface area contributed by atoms with Gasteiger partial charge in [0, 0.05) is 11.1 Å². The molecular weight excluding hydrogens is 381 g/mol. The molecule has 0 unspecified atom stereocenters. The molecule has 7 heteroatoms. The fraction of sp³-hybridized carbons (Fsp3) is 0.364. The molecule has 4 rings (SSSR count). The van der Waals surface area contributed by atoms with Crippen molar-refractivity contribution in [3.05, 3.63) is 53.1 Å². The Hall–Kier alpha value is -2.83. The summed E-state index contributed by atoms with van der Waals surface area (Å²) in [6.07, 6.45) is -2.95. The van der Waals surface area contributed by atoms with Crippen molar-refractivity contribution in [3.8, 4) is 28.6 Å². The normalized spacial score (nSPS) is 16.3. The summed E-state index contributed by atoms with van der Waals surface area (Å²) < 4.78 is 51.1. The molecule has 4 nitrogen and oxygen atoms in total. The minimum absolute atomic E-state index is 0.0465. The maximum Gasteiger partial charge on any atom is 0.419 e. The fourth-order valence-electron chi connectivity index (χ4n) is 3.76. The van der Waals surface area contributed by atoms with Crippen molar-refractivity contribution < 1.29 is 22.4 Å². The first-order valence-corrected chi connectivity index (χ1v) is 9.58. The Kier molecular flexibility index (Phi) is 4.84. The van der Waals surface area contributed by atoms with E-state index in [0.717, 1.165) is 24.5 Å². The molecule has 0 saturated heterocycles. The van der Waals surface area contributed by atoms with Gasteiger partial charge in [-0.05, 0) is 61.9 Å². The Morgan fingerprint density at radius 2 is 1.97 bits per heavy atom. The van der Waals surface area contributed by atoms with Gasteiger partial charge in [-0.2, -0.15) is 18.2 Å². The molecule has 1 heterocycles. The molecule has 0 saturated carbocycles. The zero-order chi connectivity index (χ0) is 20.8. The molecule has 2 aromatic carbocycles. The summed E-state index contributed by atoms with van der Waals surface area (Å²) >= 11 is 0. The van der Waals surface area contributed by atoms with Gasteiger partial charge in [0.15, 0.2) is 0 Å². The summed E-state index contributed by atoms with van der Waals surface area (Å²) in [5.41, 5.74) is 2.66. The van der Waals surface area contributed by atoms with Crippen LogP contribution < -0.4 is 4.74 Å². The van der Waals surface area contributed by atoms with Crippen LogP contribution in [0.2, 0.25) is 0 Å². The number of aromatic nitrogens is 2. The van der Waals surface area contributed by atoms with E-state index in [2.05, 4.69) is 23.1 Å². The summed E-state index contributed by atoms with van der Waals surface area (Å²) in [7, 11) is 0. The van der Waals surface area contributed by atoms with E-state index < -0.39 is 11.7 Å². The molecule has 0 aliphatic heterocycles. The van der Waals surface area contributed by atoms with Crippen molar-refractivity contribution in [2.75, 3.05) is 0 Å². The highest BCUT2D eigenvalue weighted by Gasteiger charge is 2.35. The number of ether oxygens (including phenoxy) is 1. The van der Waals surface area contributed by atoms with E-state index in [0.29, 0.717) is 11.7 Å². The van der Waals surface area contributed by atoms with E-state index in [1.54, 1.807) is 13.8 Å². The Morgan fingerprint density at radius 3 is 2.69 bits per heavy atom. The molecule has 29 heavy (non-hydrogen) atoms. The Morgan fingerprint density at radius 1 is 1.17 bits per heavy atom. The molecule has 1 atom stereocenters. The first-order valence-electron chi connectivity index (χ1n) is 9.58. The average Bonchev–Trinajstić information content (AvgIpc) is 3.28. The number of nitrogens with zero attached hydrogens (tertiary/aromatic N) is 2. The smallest absolute Gasteiger partial charge is 0.419 e. The Bertz CT molecular complexity index is 1040. The molecule has 152 valence electrons. The Balaban J connectivity index is 1.72. The van der Waals surface area contributed by atoms with Crippen LogP contribution in [-0.2, 0) is 12.6 Å². The summed E-state index contributed by atoms with van der Waals surface area (Å²) in [6, 6.07) is 9.76. The van der Waals surface area contributed by atoms with Gasteiger partial charge in [0.1, 0.15) is 5.75 Å². The number of rotatable bonds is 4. The molecule has 0 radical (unpaired) electrons. The SMILES string of the molecule is CC(C)Oc1ccc(-c2nc(-c3cccc4c3CC[C@@H]4C)no2)cc1C(F)(F)F. The van der Waals surface area contributed by atoms with Crippen molar-refractivity contribution in [3.63, 3.8) is 0 Å². The predicted molar refractivity (Wildman–Crippen MR) is 103 cm³/mol. The topological polar surface area (TPSA) is 48.2 Å². The second-order valence-corrected chi connectivity index (χ2v) is 7.61. The largest absolute Gasteiger partial charge is 0.490 e. The molecule has 1 aliphatic rings.